The maximum Gasteiger partial charge on any atom is 0.243 e. The summed E-state index contributed by atoms with van der Waals surface area (Å²) in [4.78, 5) is 15.3. The molecule has 0 unspecified atom stereocenters. The number of aryl methyl sites for hydroxylation is 1. The van der Waals surface area contributed by atoms with Gasteiger partial charge in [0.1, 0.15) is 0 Å². The Morgan fingerprint density at radius 1 is 1.03 bits per heavy atom. The molecule has 1 atom stereocenters. The summed E-state index contributed by atoms with van der Waals surface area (Å²) in [6, 6.07) is 4.86. The molecule has 2 aliphatic heterocycles. The molecule has 3 rings (SSSR count). The van der Waals surface area contributed by atoms with E-state index in [1.165, 1.54) is 23.6 Å². The summed E-state index contributed by atoms with van der Waals surface area (Å²) in [5.41, 5.74) is 1.19. The molecule has 2 fully saturated rings. The van der Waals surface area contributed by atoms with Crippen molar-refractivity contribution in [3.8, 4) is 0 Å². The molecule has 1 aromatic carbocycles. The van der Waals surface area contributed by atoms with Gasteiger partial charge >= 0.3 is 0 Å². The van der Waals surface area contributed by atoms with E-state index in [-0.39, 0.29) is 16.8 Å². The van der Waals surface area contributed by atoms with Gasteiger partial charge in [-0.05, 0) is 57.5 Å². The number of carbonyl (C=O) groups excluding carboxylic acids is 1. The van der Waals surface area contributed by atoms with E-state index in [9.17, 15) is 13.2 Å². The SMILES string of the molecule is Cc1ccc(NC(=O)[C@@H](C)N2CCCCCCC2)cc1S(=O)(=O)N1CCOCC1. The third-order valence-corrected chi connectivity index (χ3v) is 7.90. The van der Waals surface area contributed by atoms with Gasteiger partial charge in [-0.2, -0.15) is 4.31 Å². The van der Waals surface area contributed by atoms with Crippen LogP contribution in [0.2, 0.25) is 0 Å². The Labute approximate surface area is 174 Å². The zero-order chi connectivity index (χ0) is 20.9. The number of nitrogens with zero attached hydrogens (tertiary/aromatic N) is 2. The standard InChI is InChI=1S/C21H33N3O4S/c1-17-8-9-19(16-20(17)29(26,27)24-12-14-28-15-13-24)22-21(25)18(2)23-10-6-4-3-5-7-11-23/h8-9,16,18H,3-7,10-15H2,1-2H3,(H,22,25)/t18-/m1/s1. The molecule has 1 amide bonds. The lowest BCUT2D eigenvalue weighted by atomic mass is 10.1. The molecule has 0 radical (unpaired) electrons. The monoisotopic (exact) mass is 423 g/mol. The van der Waals surface area contributed by atoms with Crippen LogP contribution in [0.1, 0.15) is 44.6 Å². The van der Waals surface area contributed by atoms with Crippen LogP contribution >= 0.6 is 0 Å². The van der Waals surface area contributed by atoms with E-state index >= 15 is 0 Å². The zero-order valence-corrected chi connectivity index (χ0v) is 18.3. The van der Waals surface area contributed by atoms with Gasteiger partial charge in [0.25, 0.3) is 0 Å². The number of benzene rings is 1. The average molecular weight is 424 g/mol. The molecule has 2 aliphatic rings. The van der Waals surface area contributed by atoms with Crippen molar-refractivity contribution >= 4 is 21.6 Å². The Balaban J connectivity index is 1.72. The molecule has 2 saturated heterocycles. The van der Waals surface area contributed by atoms with Crippen molar-refractivity contribution < 1.29 is 17.9 Å². The molecule has 0 saturated carbocycles. The number of anilines is 1. The highest BCUT2D eigenvalue weighted by Crippen LogP contribution is 2.25. The van der Waals surface area contributed by atoms with Crippen molar-refractivity contribution in [1.82, 2.24) is 9.21 Å². The lowest BCUT2D eigenvalue weighted by molar-refractivity contribution is -0.120. The normalized spacial score (nSPS) is 21.2. The van der Waals surface area contributed by atoms with E-state index in [2.05, 4.69) is 10.2 Å². The molecule has 0 bridgehead atoms. The number of hydrogen-bond acceptors (Lipinski definition) is 5. The maximum atomic E-state index is 13.0. The van der Waals surface area contributed by atoms with Crippen LogP contribution in [0.3, 0.4) is 0 Å². The van der Waals surface area contributed by atoms with E-state index in [1.54, 1.807) is 25.1 Å². The van der Waals surface area contributed by atoms with Crippen LogP contribution in [0.25, 0.3) is 0 Å². The third-order valence-electron chi connectivity index (χ3n) is 5.86. The highest BCUT2D eigenvalue weighted by molar-refractivity contribution is 7.89. The Kier molecular flexibility index (Phi) is 7.67. The number of morpholine rings is 1. The summed E-state index contributed by atoms with van der Waals surface area (Å²) in [6.07, 6.45) is 5.93. The summed E-state index contributed by atoms with van der Waals surface area (Å²) in [7, 11) is -3.61. The van der Waals surface area contributed by atoms with Crippen molar-refractivity contribution in [1.29, 1.82) is 0 Å². The van der Waals surface area contributed by atoms with Crippen LogP contribution in [-0.2, 0) is 19.6 Å². The lowest BCUT2D eigenvalue weighted by Gasteiger charge is -2.30. The molecular formula is C21H33N3O4S. The van der Waals surface area contributed by atoms with Crippen molar-refractivity contribution in [2.24, 2.45) is 0 Å². The first-order valence-corrected chi connectivity index (χ1v) is 12.1. The van der Waals surface area contributed by atoms with E-state index in [4.69, 9.17) is 4.74 Å². The number of sulfonamides is 1. The highest BCUT2D eigenvalue weighted by atomic mass is 32.2. The number of rotatable bonds is 5. The Morgan fingerprint density at radius 3 is 2.31 bits per heavy atom. The highest BCUT2D eigenvalue weighted by Gasteiger charge is 2.28. The molecule has 2 heterocycles. The van der Waals surface area contributed by atoms with Gasteiger partial charge in [-0.1, -0.05) is 25.3 Å². The van der Waals surface area contributed by atoms with Crippen LogP contribution < -0.4 is 5.32 Å². The predicted molar refractivity (Wildman–Crippen MR) is 114 cm³/mol. The number of likely N-dealkylation sites (tertiary alicyclic amines) is 1. The Bertz CT molecular complexity index is 798. The van der Waals surface area contributed by atoms with Crippen LogP contribution in [0, 0.1) is 6.92 Å². The van der Waals surface area contributed by atoms with Gasteiger partial charge in [0, 0.05) is 18.8 Å². The first-order valence-electron chi connectivity index (χ1n) is 10.6. The smallest absolute Gasteiger partial charge is 0.243 e. The van der Waals surface area contributed by atoms with E-state index < -0.39 is 10.0 Å². The van der Waals surface area contributed by atoms with Crippen molar-refractivity contribution in [2.45, 2.75) is 56.9 Å². The van der Waals surface area contributed by atoms with Gasteiger partial charge < -0.3 is 10.1 Å². The average Bonchev–Trinajstić information content (AvgIpc) is 2.69. The Hall–Kier alpha value is -1.48. The van der Waals surface area contributed by atoms with Gasteiger partial charge in [-0.15, -0.1) is 0 Å². The molecule has 0 aromatic heterocycles. The van der Waals surface area contributed by atoms with Crippen molar-refractivity contribution in [2.75, 3.05) is 44.7 Å². The van der Waals surface area contributed by atoms with Crippen LogP contribution in [0.5, 0.6) is 0 Å². The largest absolute Gasteiger partial charge is 0.379 e. The summed E-state index contributed by atoms with van der Waals surface area (Å²) < 4.78 is 32.8. The molecule has 0 spiro atoms. The lowest BCUT2D eigenvalue weighted by Crippen LogP contribution is -2.43. The summed E-state index contributed by atoms with van der Waals surface area (Å²) in [5.74, 6) is -0.0934. The number of amides is 1. The molecular weight excluding hydrogens is 390 g/mol. The first-order chi connectivity index (χ1) is 13.9. The van der Waals surface area contributed by atoms with Crippen LogP contribution in [0.4, 0.5) is 5.69 Å². The fourth-order valence-corrected chi connectivity index (χ4v) is 5.61. The van der Waals surface area contributed by atoms with Gasteiger partial charge in [-0.25, -0.2) is 8.42 Å². The van der Waals surface area contributed by atoms with E-state index in [0.29, 0.717) is 37.6 Å². The quantitative estimate of drug-likeness (QED) is 0.788. The molecule has 29 heavy (non-hydrogen) atoms. The minimum atomic E-state index is -3.61. The minimum absolute atomic E-state index is 0.0934. The van der Waals surface area contributed by atoms with Crippen LogP contribution in [-0.4, -0.2) is 69.0 Å². The van der Waals surface area contributed by atoms with E-state index in [1.807, 2.05) is 6.92 Å². The fraction of sp³-hybridized carbons (Fsp3) is 0.667. The fourth-order valence-electron chi connectivity index (χ4n) is 3.95. The maximum absolute atomic E-state index is 13.0. The molecule has 1 N–H and O–H groups in total. The minimum Gasteiger partial charge on any atom is -0.379 e. The number of nitrogens with one attached hydrogen (secondary N) is 1. The van der Waals surface area contributed by atoms with Gasteiger partial charge in [-0.3, -0.25) is 9.69 Å². The van der Waals surface area contributed by atoms with Crippen LogP contribution in [0.15, 0.2) is 23.1 Å². The Morgan fingerprint density at radius 2 is 1.66 bits per heavy atom. The second-order valence-electron chi connectivity index (χ2n) is 7.97. The summed E-state index contributed by atoms with van der Waals surface area (Å²) in [5, 5.41) is 2.93. The zero-order valence-electron chi connectivity index (χ0n) is 17.5. The second kappa shape index (κ2) is 10.0. The molecule has 7 nitrogen and oxygen atoms in total. The van der Waals surface area contributed by atoms with Crippen molar-refractivity contribution in [3.63, 3.8) is 0 Å². The third kappa shape index (κ3) is 5.57. The van der Waals surface area contributed by atoms with Gasteiger partial charge in [0.15, 0.2) is 0 Å². The number of ether oxygens (including phenoxy) is 1. The number of hydrogen-bond donors (Lipinski definition) is 1. The molecule has 0 aliphatic carbocycles. The summed E-state index contributed by atoms with van der Waals surface area (Å²) >= 11 is 0. The molecule has 8 heteroatoms. The topological polar surface area (TPSA) is 79.0 Å². The molecule has 1 aromatic rings. The number of carbonyl (C=O) groups is 1. The van der Waals surface area contributed by atoms with E-state index in [0.717, 1.165) is 25.9 Å². The second-order valence-corrected chi connectivity index (χ2v) is 9.87. The molecule has 162 valence electrons. The van der Waals surface area contributed by atoms with Gasteiger partial charge in [0.2, 0.25) is 15.9 Å². The predicted octanol–water partition coefficient (Wildman–Crippen LogP) is 2.61. The van der Waals surface area contributed by atoms with Crippen molar-refractivity contribution in [3.05, 3.63) is 23.8 Å². The first kappa shape index (κ1) is 22.2. The summed E-state index contributed by atoms with van der Waals surface area (Å²) in [6.45, 7) is 7.08. The van der Waals surface area contributed by atoms with Gasteiger partial charge in [0.05, 0.1) is 24.2 Å².